The lowest BCUT2D eigenvalue weighted by Crippen LogP contribution is -1.93. The normalized spacial score (nSPS) is 9.79. The van der Waals surface area contributed by atoms with Crippen molar-refractivity contribution in [1.82, 2.24) is 15.0 Å². The molecule has 0 fully saturated rings. The van der Waals surface area contributed by atoms with Crippen molar-refractivity contribution in [3.63, 3.8) is 0 Å². The molecule has 0 aliphatic carbocycles. The monoisotopic (exact) mass is 186 g/mol. The maximum absolute atomic E-state index is 5.11. The Balaban J connectivity index is 2.51. The first-order valence-corrected chi connectivity index (χ1v) is 4.10. The molecule has 0 aliphatic heterocycles. The summed E-state index contributed by atoms with van der Waals surface area (Å²) in [5, 5.41) is 0. The highest BCUT2D eigenvalue weighted by Gasteiger charge is 2.07. The van der Waals surface area contributed by atoms with Crippen molar-refractivity contribution in [3.8, 4) is 17.1 Å². The molecule has 0 saturated carbocycles. The first kappa shape index (κ1) is 8.62. The van der Waals surface area contributed by atoms with E-state index in [2.05, 4.69) is 21.3 Å². The van der Waals surface area contributed by atoms with Crippen LogP contribution in [-0.4, -0.2) is 22.1 Å². The fourth-order valence-electron chi connectivity index (χ4n) is 1.12. The van der Waals surface area contributed by atoms with Crippen LogP contribution in [0, 0.1) is 6.33 Å². The van der Waals surface area contributed by atoms with Crippen LogP contribution in [-0.2, 0) is 0 Å². The Morgan fingerprint density at radius 3 is 3.00 bits per heavy atom. The standard InChI is InChI=1S/C10H8N3O/c1-14-9-6-11-7-13-10(9)8-4-2-3-5-12-8/h2-6H,1H3. The van der Waals surface area contributed by atoms with Crippen LogP contribution in [0.3, 0.4) is 0 Å². The van der Waals surface area contributed by atoms with Gasteiger partial charge in [-0.3, -0.25) is 4.98 Å². The van der Waals surface area contributed by atoms with Gasteiger partial charge in [0.25, 0.3) is 0 Å². The predicted molar refractivity (Wildman–Crippen MR) is 50.7 cm³/mol. The highest BCUT2D eigenvalue weighted by Crippen LogP contribution is 2.23. The SMILES string of the molecule is COc1cn[c]nc1-c1ccccn1. The first-order chi connectivity index (χ1) is 6.92. The van der Waals surface area contributed by atoms with Gasteiger partial charge >= 0.3 is 0 Å². The second kappa shape index (κ2) is 3.83. The Morgan fingerprint density at radius 2 is 2.29 bits per heavy atom. The van der Waals surface area contributed by atoms with Crippen LogP contribution in [0.2, 0.25) is 0 Å². The highest BCUT2D eigenvalue weighted by molar-refractivity contribution is 5.60. The van der Waals surface area contributed by atoms with Gasteiger partial charge in [0.05, 0.1) is 19.0 Å². The molecule has 0 N–H and O–H groups in total. The lowest BCUT2D eigenvalue weighted by atomic mass is 10.2. The summed E-state index contributed by atoms with van der Waals surface area (Å²) < 4.78 is 5.11. The second-order valence-electron chi connectivity index (χ2n) is 2.60. The van der Waals surface area contributed by atoms with E-state index in [0.29, 0.717) is 11.4 Å². The molecular weight excluding hydrogens is 178 g/mol. The molecule has 0 amide bonds. The minimum absolute atomic E-state index is 0.599. The number of pyridine rings is 1. The van der Waals surface area contributed by atoms with Gasteiger partial charge in [-0.2, -0.15) is 0 Å². The summed E-state index contributed by atoms with van der Waals surface area (Å²) in [4.78, 5) is 11.9. The molecule has 4 heteroatoms. The number of rotatable bonds is 2. The molecule has 0 atom stereocenters. The van der Waals surface area contributed by atoms with Gasteiger partial charge in [0.1, 0.15) is 5.69 Å². The van der Waals surface area contributed by atoms with Crippen molar-refractivity contribution in [2.24, 2.45) is 0 Å². The van der Waals surface area contributed by atoms with Crippen molar-refractivity contribution in [3.05, 3.63) is 36.9 Å². The zero-order valence-corrected chi connectivity index (χ0v) is 7.64. The third-order valence-electron chi connectivity index (χ3n) is 1.76. The van der Waals surface area contributed by atoms with E-state index in [1.165, 1.54) is 0 Å². The molecule has 69 valence electrons. The smallest absolute Gasteiger partial charge is 0.198 e. The van der Waals surface area contributed by atoms with E-state index in [1.807, 2.05) is 18.2 Å². The lowest BCUT2D eigenvalue weighted by molar-refractivity contribution is 0.412. The lowest BCUT2D eigenvalue weighted by Gasteiger charge is -2.04. The molecule has 2 aromatic heterocycles. The molecule has 14 heavy (non-hydrogen) atoms. The second-order valence-corrected chi connectivity index (χ2v) is 2.60. The van der Waals surface area contributed by atoms with Crippen molar-refractivity contribution < 1.29 is 4.74 Å². The van der Waals surface area contributed by atoms with Gasteiger partial charge in [-0.15, -0.1) is 0 Å². The zero-order chi connectivity index (χ0) is 9.80. The summed E-state index contributed by atoms with van der Waals surface area (Å²) in [6.07, 6.45) is 5.79. The van der Waals surface area contributed by atoms with E-state index in [0.717, 1.165) is 5.69 Å². The van der Waals surface area contributed by atoms with Gasteiger partial charge in [-0.25, -0.2) is 9.97 Å². The third kappa shape index (κ3) is 1.54. The third-order valence-corrected chi connectivity index (χ3v) is 1.76. The summed E-state index contributed by atoms with van der Waals surface area (Å²) >= 11 is 0. The number of hydrogen-bond donors (Lipinski definition) is 0. The van der Waals surface area contributed by atoms with E-state index in [1.54, 1.807) is 19.5 Å². The van der Waals surface area contributed by atoms with Gasteiger partial charge in [0.15, 0.2) is 12.1 Å². The Kier molecular flexibility index (Phi) is 2.36. The summed E-state index contributed by atoms with van der Waals surface area (Å²) in [7, 11) is 1.57. The molecule has 0 unspecified atom stereocenters. The molecule has 2 aromatic rings. The average molecular weight is 186 g/mol. The van der Waals surface area contributed by atoms with E-state index in [9.17, 15) is 0 Å². The van der Waals surface area contributed by atoms with E-state index >= 15 is 0 Å². The number of ether oxygens (including phenoxy) is 1. The van der Waals surface area contributed by atoms with Crippen LogP contribution in [0.4, 0.5) is 0 Å². The van der Waals surface area contributed by atoms with Crippen molar-refractivity contribution >= 4 is 0 Å². The van der Waals surface area contributed by atoms with Crippen LogP contribution in [0.1, 0.15) is 0 Å². The molecule has 0 spiro atoms. The number of methoxy groups -OCH3 is 1. The summed E-state index contributed by atoms with van der Waals surface area (Å²) in [5.41, 5.74) is 1.41. The predicted octanol–water partition coefficient (Wildman–Crippen LogP) is 1.35. The molecule has 0 saturated heterocycles. The average Bonchev–Trinajstić information content (AvgIpc) is 2.30. The van der Waals surface area contributed by atoms with Crippen LogP contribution in [0.15, 0.2) is 30.6 Å². The molecular formula is C10H8N3O. The molecule has 0 aromatic carbocycles. The maximum atomic E-state index is 5.11. The van der Waals surface area contributed by atoms with E-state index < -0.39 is 0 Å². The molecule has 0 aliphatic rings. The quantitative estimate of drug-likeness (QED) is 0.710. The molecule has 1 radical (unpaired) electrons. The minimum Gasteiger partial charge on any atom is -0.493 e. The van der Waals surface area contributed by atoms with Crippen LogP contribution in [0.25, 0.3) is 11.4 Å². The van der Waals surface area contributed by atoms with Gasteiger partial charge in [0.2, 0.25) is 0 Å². The molecule has 2 heterocycles. The van der Waals surface area contributed by atoms with Crippen molar-refractivity contribution in [1.29, 1.82) is 0 Å². The fourth-order valence-corrected chi connectivity index (χ4v) is 1.12. The van der Waals surface area contributed by atoms with E-state index in [4.69, 9.17) is 4.74 Å². The van der Waals surface area contributed by atoms with Gasteiger partial charge in [-0.05, 0) is 12.1 Å². The Hall–Kier alpha value is -1.97. The van der Waals surface area contributed by atoms with Gasteiger partial charge < -0.3 is 4.74 Å². The Labute approximate surface area is 81.6 Å². The summed E-state index contributed by atoms with van der Waals surface area (Å²) in [6, 6.07) is 5.60. The largest absolute Gasteiger partial charge is 0.493 e. The van der Waals surface area contributed by atoms with Crippen molar-refractivity contribution in [2.75, 3.05) is 7.11 Å². The van der Waals surface area contributed by atoms with Crippen LogP contribution < -0.4 is 4.74 Å². The van der Waals surface area contributed by atoms with E-state index in [-0.39, 0.29) is 0 Å². The zero-order valence-electron chi connectivity index (χ0n) is 7.64. The minimum atomic E-state index is 0.599. The van der Waals surface area contributed by atoms with Gasteiger partial charge in [-0.1, -0.05) is 6.07 Å². The molecule has 2 rings (SSSR count). The maximum Gasteiger partial charge on any atom is 0.198 e. The van der Waals surface area contributed by atoms with Gasteiger partial charge in [0, 0.05) is 6.20 Å². The van der Waals surface area contributed by atoms with Crippen LogP contribution in [0.5, 0.6) is 5.75 Å². The Morgan fingerprint density at radius 1 is 1.36 bits per heavy atom. The topological polar surface area (TPSA) is 47.9 Å². The van der Waals surface area contributed by atoms with Crippen LogP contribution >= 0.6 is 0 Å². The number of nitrogens with zero attached hydrogens (tertiary/aromatic N) is 3. The fraction of sp³-hybridized carbons (Fsp3) is 0.100. The molecule has 0 bridgehead atoms. The highest BCUT2D eigenvalue weighted by atomic mass is 16.5. The summed E-state index contributed by atoms with van der Waals surface area (Å²) in [6.45, 7) is 0. The number of hydrogen-bond acceptors (Lipinski definition) is 4. The summed E-state index contributed by atoms with van der Waals surface area (Å²) in [5.74, 6) is 0.599. The number of aromatic nitrogens is 3. The van der Waals surface area contributed by atoms with Crippen molar-refractivity contribution in [2.45, 2.75) is 0 Å². The molecule has 4 nitrogen and oxygen atoms in total. The Bertz CT molecular complexity index is 417. The first-order valence-electron chi connectivity index (χ1n) is 4.10.